The van der Waals surface area contributed by atoms with Crippen LogP contribution >= 0.6 is 0 Å². The molecule has 122 valence electrons. The smallest absolute Gasteiger partial charge is 0.255 e. The topological polar surface area (TPSA) is 75.3 Å². The molecule has 2 aromatic rings. The first-order valence-electron chi connectivity index (χ1n) is 7.49. The minimum absolute atomic E-state index is 0.157. The number of hydrogen-bond acceptors (Lipinski definition) is 3. The van der Waals surface area contributed by atoms with Gasteiger partial charge < -0.3 is 5.32 Å². The van der Waals surface area contributed by atoms with Gasteiger partial charge in [0.2, 0.25) is 10.0 Å². The van der Waals surface area contributed by atoms with Gasteiger partial charge in [-0.15, -0.1) is 0 Å². The molecule has 0 bridgehead atoms. The lowest BCUT2D eigenvalue weighted by molar-refractivity contribution is 0.102. The van der Waals surface area contributed by atoms with Crippen LogP contribution in [0.3, 0.4) is 0 Å². The van der Waals surface area contributed by atoms with Crippen LogP contribution in [0.4, 0.5) is 5.69 Å². The molecule has 2 rings (SSSR count). The molecule has 0 aliphatic heterocycles. The van der Waals surface area contributed by atoms with E-state index in [0.29, 0.717) is 17.8 Å². The van der Waals surface area contributed by atoms with Crippen molar-refractivity contribution in [1.82, 2.24) is 4.72 Å². The maximum Gasteiger partial charge on any atom is 0.255 e. The predicted molar refractivity (Wildman–Crippen MR) is 90.9 cm³/mol. The van der Waals surface area contributed by atoms with E-state index in [9.17, 15) is 13.2 Å². The van der Waals surface area contributed by atoms with E-state index in [1.54, 1.807) is 12.1 Å². The number of hydrogen-bond donors (Lipinski definition) is 2. The van der Waals surface area contributed by atoms with Gasteiger partial charge in [-0.05, 0) is 42.8 Å². The van der Waals surface area contributed by atoms with Crippen LogP contribution in [0.2, 0.25) is 0 Å². The molecule has 23 heavy (non-hydrogen) atoms. The third kappa shape index (κ3) is 4.91. The van der Waals surface area contributed by atoms with E-state index in [1.165, 1.54) is 24.3 Å². The van der Waals surface area contributed by atoms with Gasteiger partial charge in [-0.25, -0.2) is 13.1 Å². The first kappa shape index (κ1) is 17.2. The van der Waals surface area contributed by atoms with Crippen molar-refractivity contribution in [2.45, 2.75) is 24.7 Å². The zero-order chi connectivity index (χ0) is 16.7. The highest BCUT2D eigenvalue weighted by Gasteiger charge is 2.14. The highest BCUT2D eigenvalue weighted by molar-refractivity contribution is 7.89. The summed E-state index contributed by atoms with van der Waals surface area (Å²) in [6, 6.07) is 15.0. The molecule has 2 N–H and O–H groups in total. The SMILES string of the molecule is CCCCNS(=O)(=O)c1ccc(C(=O)Nc2ccccc2)cc1. The van der Waals surface area contributed by atoms with Gasteiger partial charge in [-0.2, -0.15) is 0 Å². The fourth-order valence-electron chi connectivity index (χ4n) is 1.98. The van der Waals surface area contributed by atoms with Crippen LogP contribution in [0.15, 0.2) is 59.5 Å². The fraction of sp³-hybridized carbons (Fsp3) is 0.235. The number of carbonyl (C=O) groups is 1. The van der Waals surface area contributed by atoms with Gasteiger partial charge in [0, 0.05) is 17.8 Å². The minimum Gasteiger partial charge on any atom is -0.322 e. The Balaban J connectivity index is 2.05. The number of amides is 1. The Labute approximate surface area is 136 Å². The van der Waals surface area contributed by atoms with Crippen molar-refractivity contribution in [3.63, 3.8) is 0 Å². The number of benzene rings is 2. The van der Waals surface area contributed by atoms with Gasteiger partial charge in [0.05, 0.1) is 4.90 Å². The molecule has 0 radical (unpaired) electrons. The number of anilines is 1. The monoisotopic (exact) mass is 332 g/mol. The summed E-state index contributed by atoms with van der Waals surface area (Å²) < 4.78 is 26.7. The lowest BCUT2D eigenvalue weighted by atomic mass is 10.2. The molecule has 6 heteroatoms. The summed E-state index contributed by atoms with van der Waals surface area (Å²) in [5, 5.41) is 2.75. The van der Waals surface area contributed by atoms with Crippen LogP contribution < -0.4 is 10.0 Å². The van der Waals surface area contributed by atoms with Crippen LogP contribution in [-0.2, 0) is 10.0 Å². The second-order valence-corrected chi connectivity index (χ2v) is 6.86. The molecule has 0 aromatic heterocycles. The average molecular weight is 332 g/mol. The predicted octanol–water partition coefficient (Wildman–Crippen LogP) is 3.02. The van der Waals surface area contributed by atoms with Gasteiger partial charge in [-0.1, -0.05) is 31.5 Å². The molecule has 1 amide bonds. The summed E-state index contributed by atoms with van der Waals surface area (Å²) in [6.45, 7) is 2.41. The van der Waals surface area contributed by atoms with Crippen molar-refractivity contribution in [3.8, 4) is 0 Å². The van der Waals surface area contributed by atoms with Crippen molar-refractivity contribution in [3.05, 3.63) is 60.2 Å². The van der Waals surface area contributed by atoms with E-state index >= 15 is 0 Å². The first-order valence-corrected chi connectivity index (χ1v) is 8.97. The van der Waals surface area contributed by atoms with Crippen LogP contribution in [0.5, 0.6) is 0 Å². The number of rotatable bonds is 7. The summed E-state index contributed by atoms with van der Waals surface area (Å²) in [7, 11) is -3.52. The Bertz CT molecular complexity index is 741. The Morgan fingerprint density at radius 1 is 1.00 bits per heavy atom. The highest BCUT2D eigenvalue weighted by atomic mass is 32.2. The number of para-hydroxylation sites is 1. The fourth-order valence-corrected chi connectivity index (χ4v) is 3.05. The van der Waals surface area contributed by atoms with Crippen LogP contribution in [0, 0.1) is 0 Å². The number of carbonyl (C=O) groups excluding carboxylic acids is 1. The van der Waals surface area contributed by atoms with E-state index in [2.05, 4.69) is 10.0 Å². The van der Waals surface area contributed by atoms with Crippen molar-refractivity contribution >= 4 is 21.6 Å². The number of nitrogens with one attached hydrogen (secondary N) is 2. The lowest BCUT2D eigenvalue weighted by Gasteiger charge is -2.08. The van der Waals surface area contributed by atoms with Crippen molar-refractivity contribution < 1.29 is 13.2 Å². The summed E-state index contributed by atoms with van der Waals surface area (Å²) in [6.07, 6.45) is 1.71. The lowest BCUT2D eigenvalue weighted by Crippen LogP contribution is -2.24. The van der Waals surface area contributed by atoms with E-state index in [4.69, 9.17) is 0 Å². The molecule has 0 saturated carbocycles. The van der Waals surface area contributed by atoms with Gasteiger partial charge >= 0.3 is 0 Å². The Hall–Kier alpha value is -2.18. The van der Waals surface area contributed by atoms with E-state index < -0.39 is 10.0 Å². The third-order valence-electron chi connectivity index (χ3n) is 3.28. The van der Waals surface area contributed by atoms with E-state index in [0.717, 1.165) is 12.8 Å². The van der Waals surface area contributed by atoms with Crippen molar-refractivity contribution in [1.29, 1.82) is 0 Å². The van der Waals surface area contributed by atoms with Crippen molar-refractivity contribution in [2.24, 2.45) is 0 Å². The standard InChI is InChI=1S/C17H20N2O3S/c1-2-3-13-18-23(21,22)16-11-9-14(10-12-16)17(20)19-15-7-5-4-6-8-15/h4-12,18H,2-3,13H2,1H3,(H,19,20). The summed E-state index contributed by atoms with van der Waals surface area (Å²) in [4.78, 5) is 12.3. The molecule has 0 unspecified atom stereocenters. The molecule has 0 atom stereocenters. The van der Waals surface area contributed by atoms with Crippen molar-refractivity contribution in [2.75, 3.05) is 11.9 Å². The van der Waals surface area contributed by atoms with E-state index in [1.807, 2.05) is 25.1 Å². The molecule has 0 aliphatic carbocycles. The normalized spacial score (nSPS) is 11.2. The summed E-state index contributed by atoms with van der Waals surface area (Å²) in [5.74, 6) is -0.279. The highest BCUT2D eigenvalue weighted by Crippen LogP contribution is 2.13. The molecule has 0 spiro atoms. The first-order chi connectivity index (χ1) is 11.0. The van der Waals surface area contributed by atoms with Gasteiger partial charge in [-0.3, -0.25) is 4.79 Å². The zero-order valence-corrected chi connectivity index (χ0v) is 13.8. The molecule has 0 saturated heterocycles. The zero-order valence-electron chi connectivity index (χ0n) is 13.0. The largest absolute Gasteiger partial charge is 0.322 e. The van der Waals surface area contributed by atoms with Gasteiger partial charge in [0.15, 0.2) is 0 Å². The van der Waals surface area contributed by atoms with Crippen LogP contribution in [0.25, 0.3) is 0 Å². The average Bonchev–Trinajstić information content (AvgIpc) is 2.56. The van der Waals surface area contributed by atoms with Crippen LogP contribution in [0.1, 0.15) is 30.1 Å². The number of unbranched alkanes of at least 4 members (excludes halogenated alkanes) is 1. The second kappa shape index (κ2) is 7.89. The molecule has 0 heterocycles. The molecular weight excluding hydrogens is 312 g/mol. The summed E-state index contributed by atoms with van der Waals surface area (Å²) in [5.41, 5.74) is 1.09. The molecule has 2 aromatic carbocycles. The second-order valence-electron chi connectivity index (χ2n) is 5.10. The third-order valence-corrected chi connectivity index (χ3v) is 4.76. The minimum atomic E-state index is -3.52. The quantitative estimate of drug-likeness (QED) is 0.765. The molecular formula is C17H20N2O3S. The number of sulfonamides is 1. The molecule has 0 fully saturated rings. The molecule has 5 nitrogen and oxygen atoms in total. The summed E-state index contributed by atoms with van der Waals surface area (Å²) >= 11 is 0. The Morgan fingerprint density at radius 3 is 2.26 bits per heavy atom. The maximum absolute atomic E-state index is 12.1. The van der Waals surface area contributed by atoms with Gasteiger partial charge in [0.1, 0.15) is 0 Å². The Kier molecular flexibility index (Phi) is 5.90. The van der Waals surface area contributed by atoms with Gasteiger partial charge in [0.25, 0.3) is 5.91 Å². The maximum atomic E-state index is 12.1. The van der Waals surface area contributed by atoms with Crippen LogP contribution in [-0.4, -0.2) is 20.9 Å². The Morgan fingerprint density at radius 2 is 1.65 bits per heavy atom. The molecule has 0 aliphatic rings. The van der Waals surface area contributed by atoms with E-state index in [-0.39, 0.29) is 10.8 Å².